The highest BCUT2D eigenvalue weighted by Crippen LogP contribution is 2.14. The first-order chi connectivity index (χ1) is 9.11. The molecule has 0 aliphatic carbocycles. The maximum Gasteiger partial charge on any atom is 0.360 e. The number of aromatic nitrogens is 2. The van der Waals surface area contributed by atoms with Crippen LogP contribution in [0.15, 0.2) is 30.6 Å². The fraction of sp³-hybridized carbons (Fsp3) is 0.231. The van der Waals surface area contributed by atoms with Crippen molar-refractivity contribution in [3.05, 3.63) is 41.9 Å². The number of nitrogens with zero attached hydrogens (tertiary/aromatic N) is 2. The highest BCUT2D eigenvalue weighted by atomic mass is 16.5. The van der Waals surface area contributed by atoms with Gasteiger partial charge in [0.15, 0.2) is 5.69 Å². The number of rotatable bonds is 4. The Morgan fingerprint density at radius 3 is 2.74 bits per heavy atom. The fourth-order valence-electron chi connectivity index (χ4n) is 1.74. The number of hydrogen-bond acceptors (Lipinski definition) is 5. The number of hydrogen-bond donors (Lipinski definition) is 2. The van der Waals surface area contributed by atoms with Crippen LogP contribution in [0.25, 0.3) is 0 Å². The van der Waals surface area contributed by atoms with E-state index in [0.717, 1.165) is 12.0 Å². The SMILES string of the molecule is COC(=O)c1ncn(CCc2ccc(O)cc2)c1N. The average Bonchev–Trinajstić information content (AvgIpc) is 2.79. The van der Waals surface area contributed by atoms with Crippen LogP contribution in [0.2, 0.25) is 0 Å². The van der Waals surface area contributed by atoms with E-state index in [9.17, 15) is 9.90 Å². The molecule has 1 heterocycles. The fourth-order valence-corrected chi connectivity index (χ4v) is 1.74. The van der Waals surface area contributed by atoms with Gasteiger partial charge in [0.25, 0.3) is 0 Å². The number of esters is 1. The van der Waals surface area contributed by atoms with Gasteiger partial charge in [-0.25, -0.2) is 9.78 Å². The second kappa shape index (κ2) is 5.43. The number of nitrogens with two attached hydrogens (primary N) is 1. The molecule has 0 atom stereocenters. The zero-order chi connectivity index (χ0) is 13.8. The molecule has 6 nitrogen and oxygen atoms in total. The van der Waals surface area contributed by atoms with Crippen LogP contribution in [0.3, 0.4) is 0 Å². The molecule has 6 heteroatoms. The van der Waals surface area contributed by atoms with Gasteiger partial charge in [-0.05, 0) is 24.1 Å². The second-order valence-corrected chi connectivity index (χ2v) is 4.08. The zero-order valence-electron chi connectivity index (χ0n) is 10.5. The van der Waals surface area contributed by atoms with Gasteiger partial charge in [-0.3, -0.25) is 0 Å². The first-order valence-corrected chi connectivity index (χ1v) is 5.78. The summed E-state index contributed by atoms with van der Waals surface area (Å²) < 4.78 is 6.28. The Morgan fingerprint density at radius 1 is 1.42 bits per heavy atom. The third kappa shape index (κ3) is 2.85. The number of phenols is 1. The molecule has 0 fully saturated rings. The normalized spacial score (nSPS) is 10.4. The summed E-state index contributed by atoms with van der Waals surface area (Å²) in [5, 5.41) is 9.19. The number of aromatic hydroxyl groups is 1. The summed E-state index contributed by atoms with van der Waals surface area (Å²) in [4.78, 5) is 15.3. The van der Waals surface area contributed by atoms with Crippen LogP contribution < -0.4 is 5.73 Å². The highest BCUT2D eigenvalue weighted by Gasteiger charge is 2.15. The van der Waals surface area contributed by atoms with Crippen molar-refractivity contribution < 1.29 is 14.6 Å². The number of phenolic OH excluding ortho intramolecular Hbond substituents is 1. The Kier molecular flexibility index (Phi) is 3.70. The minimum absolute atomic E-state index is 0.133. The van der Waals surface area contributed by atoms with E-state index in [1.807, 2.05) is 12.1 Å². The minimum atomic E-state index is -0.541. The van der Waals surface area contributed by atoms with Crippen LogP contribution in [0.4, 0.5) is 5.82 Å². The summed E-state index contributed by atoms with van der Waals surface area (Å²) in [6.45, 7) is 0.598. The van der Waals surface area contributed by atoms with E-state index in [1.54, 1.807) is 16.7 Å². The van der Waals surface area contributed by atoms with Crippen molar-refractivity contribution in [1.29, 1.82) is 0 Å². The maximum atomic E-state index is 11.4. The molecule has 0 saturated carbocycles. The molecule has 0 spiro atoms. The number of carbonyl (C=O) groups is 1. The predicted octanol–water partition coefficient (Wildman–Crippen LogP) is 1.20. The van der Waals surface area contributed by atoms with Gasteiger partial charge < -0.3 is 20.1 Å². The molecule has 3 N–H and O–H groups in total. The number of ether oxygens (including phenoxy) is 1. The standard InChI is InChI=1S/C13H15N3O3/c1-19-13(18)11-12(14)16(8-15-11)7-6-9-2-4-10(17)5-3-9/h2-5,8,17H,6-7,14H2,1H3. The molecule has 2 aromatic rings. The van der Waals surface area contributed by atoms with Crippen molar-refractivity contribution in [2.45, 2.75) is 13.0 Å². The molecular weight excluding hydrogens is 246 g/mol. The van der Waals surface area contributed by atoms with Crippen LogP contribution >= 0.6 is 0 Å². The van der Waals surface area contributed by atoms with Gasteiger partial charge in [0.05, 0.1) is 13.4 Å². The highest BCUT2D eigenvalue weighted by molar-refractivity contribution is 5.92. The zero-order valence-corrected chi connectivity index (χ0v) is 10.5. The number of aryl methyl sites for hydroxylation is 2. The van der Waals surface area contributed by atoms with Gasteiger partial charge in [-0.15, -0.1) is 0 Å². The summed E-state index contributed by atoms with van der Waals surface area (Å²) in [5.74, 6) is -0.00890. The number of nitrogen functional groups attached to an aromatic ring is 1. The molecule has 0 unspecified atom stereocenters. The van der Waals surface area contributed by atoms with Crippen LogP contribution in [0.5, 0.6) is 5.75 Å². The van der Waals surface area contributed by atoms with E-state index in [0.29, 0.717) is 12.4 Å². The van der Waals surface area contributed by atoms with E-state index >= 15 is 0 Å². The van der Waals surface area contributed by atoms with Crippen LogP contribution in [-0.2, 0) is 17.7 Å². The quantitative estimate of drug-likeness (QED) is 0.807. The first kappa shape index (κ1) is 12.9. The monoisotopic (exact) mass is 261 g/mol. The predicted molar refractivity (Wildman–Crippen MR) is 69.8 cm³/mol. The second-order valence-electron chi connectivity index (χ2n) is 4.08. The number of imidazole rings is 1. The molecule has 2 rings (SSSR count). The number of methoxy groups -OCH3 is 1. The van der Waals surface area contributed by atoms with Crippen molar-refractivity contribution >= 4 is 11.8 Å². The molecule has 0 amide bonds. The molecule has 0 aliphatic rings. The third-order valence-electron chi connectivity index (χ3n) is 2.83. The first-order valence-electron chi connectivity index (χ1n) is 5.78. The number of carbonyl (C=O) groups excluding carboxylic acids is 1. The molecule has 0 aliphatic heterocycles. The Labute approximate surface area is 110 Å². The van der Waals surface area contributed by atoms with Crippen molar-refractivity contribution in [2.24, 2.45) is 0 Å². The minimum Gasteiger partial charge on any atom is -0.508 e. The number of benzene rings is 1. The van der Waals surface area contributed by atoms with E-state index in [-0.39, 0.29) is 11.4 Å². The van der Waals surface area contributed by atoms with E-state index in [4.69, 9.17) is 5.73 Å². The average molecular weight is 261 g/mol. The van der Waals surface area contributed by atoms with E-state index < -0.39 is 5.97 Å². The van der Waals surface area contributed by atoms with Crippen molar-refractivity contribution in [3.8, 4) is 5.75 Å². The largest absolute Gasteiger partial charge is 0.508 e. The van der Waals surface area contributed by atoms with Crippen molar-refractivity contribution in [1.82, 2.24) is 9.55 Å². The van der Waals surface area contributed by atoms with Gasteiger partial charge in [-0.1, -0.05) is 12.1 Å². The summed E-state index contributed by atoms with van der Waals surface area (Å²) in [6.07, 6.45) is 2.24. The lowest BCUT2D eigenvalue weighted by atomic mass is 10.1. The lowest BCUT2D eigenvalue weighted by Gasteiger charge is -2.05. The number of anilines is 1. The van der Waals surface area contributed by atoms with Crippen LogP contribution in [-0.4, -0.2) is 27.7 Å². The van der Waals surface area contributed by atoms with Gasteiger partial charge in [0.1, 0.15) is 11.6 Å². The molecule has 1 aromatic heterocycles. The van der Waals surface area contributed by atoms with Crippen LogP contribution in [0.1, 0.15) is 16.1 Å². The van der Waals surface area contributed by atoms with E-state index in [1.165, 1.54) is 13.4 Å². The van der Waals surface area contributed by atoms with Gasteiger partial charge in [0.2, 0.25) is 0 Å². The Morgan fingerprint density at radius 2 is 2.11 bits per heavy atom. The molecular formula is C13H15N3O3. The third-order valence-corrected chi connectivity index (χ3v) is 2.83. The molecule has 19 heavy (non-hydrogen) atoms. The topological polar surface area (TPSA) is 90.4 Å². The van der Waals surface area contributed by atoms with E-state index in [2.05, 4.69) is 9.72 Å². The summed E-state index contributed by atoms with van der Waals surface area (Å²) in [5.41, 5.74) is 7.02. The maximum absolute atomic E-state index is 11.4. The summed E-state index contributed by atoms with van der Waals surface area (Å²) in [6, 6.07) is 6.94. The Bertz CT molecular complexity index is 575. The smallest absolute Gasteiger partial charge is 0.360 e. The Balaban J connectivity index is 2.06. The lowest BCUT2D eigenvalue weighted by molar-refractivity contribution is 0.0596. The molecule has 0 saturated heterocycles. The van der Waals surface area contributed by atoms with Crippen molar-refractivity contribution in [2.75, 3.05) is 12.8 Å². The van der Waals surface area contributed by atoms with Gasteiger partial charge in [-0.2, -0.15) is 0 Å². The van der Waals surface area contributed by atoms with Crippen molar-refractivity contribution in [3.63, 3.8) is 0 Å². The molecule has 0 bridgehead atoms. The molecule has 0 radical (unpaired) electrons. The van der Waals surface area contributed by atoms with Gasteiger partial charge in [0, 0.05) is 6.54 Å². The van der Waals surface area contributed by atoms with Crippen LogP contribution in [0, 0.1) is 0 Å². The van der Waals surface area contributed by atoms with Gasteiger partial charge >= 0.3 is 5.97 Å². The lowest BCUT2D eigenvalue weighted by Crippen LogP contribution is -2.09. The molecule has 100 valence electrons. The molecule has 1 aromatic carbocycles. The Hall–Kier alpha value is -2.50. The summed E-state index contributed by atoms with van der Waals surface area (Å²) >= 11 is 0. The summed E-state index contributed by atoms with van der Waals surface area (Å²) in [7, 11) is 1.29.